The molecule has 7 heteroatoms. The number of aliphatic carboxylic acids is 1. The number of halogens is 2. The average molecular weight is 301 g/mol. The lowest BCUT2D eigenvalue weighted by Crippen LogP contribution is -2.40. The lowest BCUT2D eigenvalue weighted by molar-refractivity contribution is -0.142. The SMILES string of the molecule is CC1C(C(=O)O)CCN1C(=O)Nc1cc(F)ccc1Cl. The van der Waals surface area contributed by atoms with Crippen LogP contribution in [0.25, 0.3) is 0 Å². The van der Waals surface area contributed by atoms with Gasteiger partial charge in [0.15, 0.2) is 0 Å². The van der Waals surface area contributed by atoms with Crippen molar-refractivity contribution in [3.63, 3.8) is 0 Å². The third kappa shape index (κ3) is 2.85. The Bertz CT molecular complexity index is 552. The number of benzene rings is 1. The molecule has 0 bridgehead atoms. The Kier molecular flexibility index (Phi) is 4.13. The van der Waals surface area contributed by atoms with Crippen molar-refractivity contribution in [3.8, 4) is 0 Å². The molecule has 0 saturated carbocycles. The van der Waals surface area contributed by atoms with Crippen molar-refractivity contribution in [1.29, 1.82) is 0 Å². The third-order valence-corrected chi connectivity index (χ3v) is 3.83. The summed E-state index contributed by atoms with van der Waals surface area (Å²) in [5.41, 5.74) is 0.169. The van der Waals surface area contributed by atoms with Crippen LogP contribution < -0.4 is 5.32 Å². The molecule has 0 radical (unpaired) electrons. The van der Waals surface area contributed by atoms with Crippen molar-refractivity contribution in [1.82, 2.24) is 4.90 Å². The molecule has 1 aliphatic heterocycles. The second-order valence-corrected chi connectivity index (χ2v) is 5.13. The second kappa shape index (κ2) is 5.66. The molecule has 1 heterocycles. The van der Waals surface area contributed by atoms with Gasteiger partial charge in [-0.2, -0.15) is 0 Å². The van der Waals surface area contributed by atoms with Gasteiger partial charge in [0, 0.05) is 12.6 Å². The van der Waals surface area contributed by atoms with Crippen LogP contribution in [0.4, 0.5) is 14.9 Å². The topological polar surface area (TPSA) is 69.6 Å². The number of anilines is 1. The number of carboxylic acids is 1. The smallest absolute Gasteiger partial charge is 0.322 e. The number of amides is 2. The molecule has 1 aliphatic rings. The van der Waals surface area contributed by atoms with Crippen molar-refractivity contribution in [2.75, 3.05) is 11.9 Å². The number of nitrogens with zero attached hydrogens (tertiary/aromatic N) is 1. The number of rotatable bonds is 2. The van der Waals surface area contributed by atoms with E-state index in [2.05, 4.69) is 5.32 Å². The molecule has 20 heavy (non-hydrogen) atoms. The normalized spacial score (nSPS) is 21.9. The Balaban J connectivity index is 2.09. The first kappa shape index (κ1) is 14.6. The summed E-state index contributed by atoms with van der Waals surface area (Å²) in [7, 11) is 0. The summed E-state index contributed by atoms with van der Waals surface area (Å²) in [6, 6.07) is 2.76. The molecule has 1 aromatic rings. The van der Waals surface area contributed by atoms with Gasteiger partial charge in [0.1, 0.15) is 5.82 Å². The number of hydrogen-bond acceptors (Lipinski definition) is 2. The van der Waals surface area contributed by atoms with Crippen molar-refractivity contribution in [2.24, 2.45) is 5.92 Å². The fraction of sp³-hybridized carbons (Fsp3) is 0.385. The Labute approximate surface area is 120 Å². The molecular formula is C13H14ClFN2O3. The Morgan fingerprint density at radius 2 is 2.20 bits per heavy atom. The molecule has 108 valence electrons. The van der Waals surface area contributed by atoms with E-state index in [1.54, 1.807) is 6.92 Å². The minimum absolute atomic E-state index is 0.169. The quantitative estimate of drug-likeness (QED) is 0.882. The molecule has 0 aliphatic carbocycles. The van der Waals surface area contributed by atoms with Crippen LogP contribution in [0.3, 0.4) is 0 Å². The van der Waals surface area contributed by atoms with E-state index in [1.807, 2.05) is 0 Å². The molecule has 2 unspecified atom stereocenters. The largest absolute Gasteiger partial charge is 0.481 e. The maximum Gasteiger partial charge on any atom is 0.322 e. The molecule has 2 N–H and O–H groups in total. The zero-order valence-corrected chi connectivity index (χ0v) is 11.5. The first-order chi connectivity index (χ1) is 9.40. The zero-order valence-electron chi connectivity index (χ0n) is 10.8. The predicted molar refractivity (Wildman–Crippen MR) is 72.3 cm³/mol. The number of likely N-dealkylation sites (tertiary alicyclic amines) is 1. The van der Waals surface area contributed by atoms with E-state index in [1.165, 1.54) is 17.0 Å². The number of urea groups is 1. The van der Waals surface area contributed by atoms with Gasteiger partial charge in [0.2, 0.25) is 0 Å². The van der Waals surface area contributed by atoms with Crippen LogP contribution in [0.2, 0.25) is 5.02 Å². The van der Waals surface area contributed by atoms with E-state index in [9.17, 15) is 14.0 Å². The number of carbonyl (C=O) groups excluding carboxylic acids is 1. The van der Waals surface area contributed by atoms with Crippen molar-refractivity contribution in [3.05, 3.63) is 29.0 Å². The molecule has 2 rings (SSSR count). The Morgan fingerprint density at radius 1 is 1.50 bits per heavy atom. The van der Waals surface area contributed by atoms with E-state index in [4.69, 9.17) is 16.7 Å². The van der Waals surface area contributed by atoms with E-state index >= 15 is 0 Å². The van der Waals surface area contributed by atoms with Gasteiger partial charge in [-0.15, -0.1) is 0 Å². The summed E-state index contributed by atoms with van der Waals surface area (Å²) >= 11 is 5.87. The molecular weight excluding hydrogens is 287 g/mol. The second-order valence-electron chi connectivity index (χ2n) is 4.72. The summed E-state index contributed by atoms with van der Waals surface area (Å²) in [6.45, 7) is 2.02. The third-order valence-electron chi connectivity index (χ3n) is 3.50. The van der Waals surface area contributed by atoms with Gasteiger partial charge in [-0.3, -0.25) is 4.79 Å². The highest BCUT2D eigenvalue weighted by Crippen LogP contribution is 2.27. The van der Waals surface area contributed by atoms with Gasteiger partial charge in [-0.1, -0.05) is 11.6 Å². The molecule has 1 saturated heterocycles. The van der Waals surface area contributed by atoms with Crippen LogP contribution in [0.5, 0.6) is 0 Å². The standard InChI is InChI=1S/C13H14ClFN2O3/c1-7-9(12(18)19)4-5-17(7)13(20)16-11-6-8(15)2-3-10(11)14/h2-3,6-7,9H,4-5H2,1H3,(H,16,20)(H,18,19). The number of hydrogen-bond donors (Lipinski definition) is 2. The minimum Gasteiger partial charge on any atom is -0.481 e. The highest BCUT2D eigenvalue weighted by atomic mass is 35.5. The fourth-order valence-electron chi connectivity index (χ4n) is 2.34. The van der Waals surface area contributed by atoms with Crippen LogP contribution in [-0.4, -0.2) is 34.6 Å². The number of carbonyl (C=O) groups is 2. The van der Waals surface area contributed by atoms with Crippen LogP contribution >= 0.6 is 11.6 Å². The summed E-state index contributed by atoms with van der Waals surface area (Å²) in [5.74, 6) is -2.01. The van der Waals surface area contributed by atoms with Gasteiger partial charge >= 0.3 is 12.0 Å². The van der Waals surface area contributed by atoms with Gasteiger partial charge in [-0.25, -0.2) is 9.18 Å². The summed E-state index contributed by atoms with van der Waals surface area (Å²) < 4.78 is 13.1. The van der Waals surface area contributed by atoms with Crippen molar-refractivity contribution < 1.29 is 19.1 Å². The predicted octanol–water partition coefficient (Wildman–Crippen LogP) is 2.81. The monoisotopic (exact) mass is 300 g/mol. The van der Waals surface area contributed by atoms with Crippen LogP contribution in [0.1, 0.15) is 13.3 Å². The molecule has 5 nitrogen and oxygen atoms in total. The molecule has 2 atom stereocenters. The Hall–Kier alpha value is -1.82. The van der Waals surface area contributed by atoms with E-state index in [-0.39, 0.29) is 10.7 Å². The molecule has 0 spiro atoms. The molecule has 1 aromatic carbocycles. The highest BCUT2D eigenvalue weighted by Gasteiger charge is 2.38. The summed E-state index contributed by atoms with van der Waals surface area (Å²) in [5, 5.41) is 11.8. The number of carboxylic acid groups (broad SMARTS) is 1. The van der Waals surface area contributed by atoms with Crippen LogP contribution in [-0.2, 0) is 4.79 Å². The van der Waals surface area contributed by atoms with Crippen LogP contribution in [0, 0.1) is 11.7 Å². The van der Waals surface area contributed by atoms with E-state index < -0.39 is 29.8 Å². The average Bonchev–Trinajstić information content (AvgIpc) is 2.76. The van der Waals surface area contributed by atoms with Gasteiger partial charge in [0.25, 0.3) is 0 Å². The highest BCUT2D eigenvalue weighted by molar-refractivity contribution is 6.33. The van der Waals surface area contributed by atoms with Crippen molar-refractivity contribution in [2.45, 2.75) is 19.4 Å². The Morgan fingerprint density at radius 3 is 2.80 bits per heavy atom. The summed E-state index contributed by atoms with van der Waals surface area (Å²) in [4.78, 5) is 24.5. The maximum atomic E-state index is 13.1. The minimum atomic E-state index is -0.920. The van der Waals surface area contributed by atoms with E-state index in [0.29, 0.717) is 13.0 Å². The molecule has 1 fully saturated rings. The lowest BCUT2D eigenvalue weighted by atomic mass is 10.0. The zero-order chi connectivity index (χ0) is 14.9. The first-order valence-corrected chi connectivity index (χ1v) is 6.53. The molecule has 0 aromatic heterocycles. The first-order valence-electron chi connectivity index (χ1n) is 6.15. The van der Waals surface area contributed by atoms with E-state index in [0.717, 1.165) is 6.07 Å². The molecule has 2 amide bonds. The fourth-order valence-corrected chi connectivity index (χ4v) is 2.50. The van der Waals surface area contributed by atoms with Gasteiger partial charge in [0.05, 0.1) is 16.6 Å². The maximum absolute atomic E-state index is 13.1. The van der Waals surface area contributed by atoms with Gasteiger partial charge in [-0.05, 0) is 31.5 Å². The lowest BCUT2D eigenvalue weighted by Gasteiger charge is -2.23. The van der Waals surface area contributed by atoms with Crippen molar-refractivity contribution >= 4 is 29.3 Å². The van der Waals surface area contributed by atoms with Gasteiger partial charge < -0.3 is 15.3 Å². The van der Waals surface area contributed by atoms with Crippen LogP contribution in [0.15, 0.2) is 18.2 Å². The summed E-state index contributed by atoms with van der Waals surface area (Å²) in [6.07, 6.45) is 0.404. The number of nitrogens with one attached hydrogen (secondary N) is 1.